The van der Waals surface area contributed by atoms with Crippen LogP contribution in [0.5, 0.6) is 5.75 Å². The predicted molar refractivity (Wildman–Crippen MR) is 89.5 cm³/mol. The highest BCUT2D eigenvalue weighted by Gasteiger charge is 2.20. The summed E-state index contributed by atoms with van der Waals surface area (Å²) in [7, 11) is 0. The minimum Gasteiger partial charge on any atom is -0.508 e. The molecule has 1 unspecified atom stereocenters. The summed E-state index contributed by atoms with van der Waals surface area (Å²) in [5, 5.41) is 13.6. The Bertz CT molecular complexity index is 821. The monoisotopic (exact) mass is 308 g/mol. The van der Waals surface area contributed by atoms with Gasteiger partial charge in [0.05, 0.1) is 6.54 Å². The standard InChI is InChI=1S/C18H20N4O/c23-16-8-2-1-5-13(16)12-22-17(11-14-6-3-9-19-14)21-15-7-4-10-20-18(15)22/h1-2,4-5,7-8,10,14,19,23H,3,6,9,11-12H2. The van der Waals surface area contributed by atoms with Gasteiger partial charge in [0.25, 0.3) is 0 Å². The summed E-state index contributed by atoms with van der Waals surface area (Å²) in [6.07, 6.45) is 5.10. The molecule has 1 aliphatic heterocycles. The molecule has 0 aliphatic carbocycles. The molecule has 2 N–H and O–H groups in total. The molecule has 1 aliphatic rings. The number of aromatic nitrogens is 3. The number of phenols is 1. The number of benzene rings is 1. The lowest BCUT2D eigenvalue weighted by atomic mass is 10.1. The van der Waals surface area contributed by atoms with Crippen molar-refractivity contribution in [1.29, 1.82) is 0 Å². The minimum atomic E-state index is 0.315. The lowest BCUT2D eigenvalue weighted by Gasteiger charge is -2.13. The van der Waals surface area contributed by atoms with Crippen LogP contribution in [0.25, 0.3) is 11.2 Å². The molecule has 1 aromatic carbocycles. The van der Waals surface area contributed by atoms with Crippen molar-refractivity contribution in [3.05, 3.63) is 54.0 Å². The van der Waals surface area contributed by atoms with Gasteiger partial charge >= 0.3 is 0 Å². The van der Waals surface area contributed by atoms with Gasteiger partial charge in [-0.25, -0.2) is 9.97 Å². The molecular formula is C18H20N4O. The fraction of sp³-hybridized carbons (Fsp3) is 0.333. The Balaban J connectivity index is 1.74. The average Bonchev–Trinajstić information content (AvgIpc) is 3.19. The van der Waals surface area contributed by atoms with E-state index in [0.29, 0.717) is 18.3 Å². The second kappa shape index (κ2) is 6.01. The van der Waals surface area contributed by atoms with Crippen molar-refractivity contribution in [3.63, 3.8) is 0 Å². The van der Waals surface area contributed by atoms with Crippen LogP contribution in [-0.4, -0.2) is 32.2 Å². The van der Waals surface area contributed by atoms with Crippen LogP contribution in [-0.2, 0) is 13.0 Å². The first kappa shape index (κ1) is 14.2. The third-order valence-electron chi connectivity index (χ3n) is 4.49. The molecule has 1 atom stereocenters. The number of phenolic OH excluding ortho intramolecular Hbond substituents is 1. The van der Waals surface area contributed by atoms with Crippen LogP contribution in [0.1, 0.15) is 24.2 Å². The van der Waals surface area contributed by atoms with Gasteiger partial charge in [0, 0.05) is 24.2 Å². The fourth-order valence-electron chi connectivity index (χ4n) is 3.29. The number of imidazole rings is 1. The summed E-state index contributed by atoms with van der Waals surface area (Å²) >= 11 is 0. The number of hydrogen-bond donors (Lipinski definition) is 2. The van der Waals surface area contributed by atoms with E-state index in [0.717, 1.165) is 35.5 Å². The van der Waals surface area contributed by atoms with Gasteiger partial charge in [0.2, 0.25) is 0 Å². The van der Waals surface area contributed by atoms with Crippen molar-refractivity contribution < 1.29 is 5.11 Å². The first-order valence-corrected chi connectivity index (χ1v) is 8.11. The summed E-state index contributed by atoms with van der Waals surface area (Å²) in [4.78, 5) is 9.28. The molecule has 1 saturated heterocycles. The zero-order valence-electron chi connectivity index (χ0n) is 12.9. The fourth-order valence-corrected chi connectivity index (χ4v) is 3.29. The molecule has 23 heavy (non-hydrogen) atoms. The highest BCUT2D eigenvalue weighted by Crippen LogP contribution is 2.22. The maximum absolute atomic E-state index is 10.1. The molecule has 1 fully saturated rings. The van der Waals surface area contributed by atoms with Crippen molar-refractivity contribution in [2.45, 2.75) is 31.8 Å². The predicted octanol–water partition coefficient (Wildman–Crippen LogP) is 2.48. The van der Waals surface area contributed by atoms with Crippen molar-refractivity contribution in [2.75, 3.05) is 6.54 Å². The van der Waals surface area contributed by atoms with Crippen LogP contribution >= 0.6 is 0 Å². The van der Waals surface area contributed by atoms with E-state index in [1.54, 1.807) is 12.3 Å². The molecule has 2 aromatic heterocycles. The van der Waals surface area contributed by atoms with Crippen LogP contribution in [0.2, 0.25) is 0 Å². The molecule has 0 amide bonds. The summed E-state index contributed by atoms with van der Waals surface area (Å²) in [6.45, 7) is 1.67. The van der Waals surface area contributed by atoms with Crippen LogP contribution in [0, 0.1) is 0 Å². The summed E-state index contributed by atoms with van der Waals surface area (Å²) < 4.78 is 2.13. The summed E-state index contributed by atoms with van der Waals surface area (Å²) in [5.74, 6) is 1.34. The van der Waals surface area contributed by atoms with Gasteiger partial charge in [-0.3, -0.25) is 0 Å². The second-order valence-electron chi connectivity index (χ2n) is 6.09. The number of para-hydroxylation sites is 1. The molecule has 0 saturated carbocycles. The Morgan fingerprint density at radius 2 is 2.13 bits per heavy atom. The van der Waals surface area contributed by atoms with Gasteiger partial charge in [-0.1, -0.05) is 18.2 Å². The van der Waals surface area contributed by atoms with E-state index in [9.17, 15) is 5.11 Å². The molecule has 4 rings (SSSR count). The molecule has 0 radical (unpaired) electrons. The van der Waals surface area contributed by atoms with Gasteiger partial charge in [0.15, 0.2) is 5.65 Å². The smallest absolute Gasteiger partial charge is 0.160 e. The molecule has 0 bridgehead atoms. The van der Waals surface area contributed by atoms with E-state index in [-0.39, 0.29) is 0 Å². The lowest BCUT2D eigenvalue weighted by Crippen LogP contribution is -2.25. The van der Waals surface area contributed by atoms with Crippen molar-refractivity contribution >= 4 is 11.2 Å². The number of fused-ring (bicyclic) bond motifs is 1. The average molecular weight is 308 g/mol. The van der Waals surface area contributed by atoms with Crippen LogP contribution in [0.4, 0.5) is 0 Å². The largest absolute Gasteiger partial charge is 0.508 e. The highest BCUT2D eigenvalue weighted by molar-refractivity contribution is 5.71. The van der Waals surface area contributed by atoms with Crippen LogP contribution in [0.3, 0.4) is 0 Å². The molecule has 118 valence electrons. The molecule has 5 heteroatoms. The topological polar surface area (TPSA) is 63.0 Å². The van der Waals surface area contributed by atoms with Gasteiger partial charge in [-0.05, 0) is 37.6 Å². The van der Waals surface area contributed by atoms with E-state index < -0.39 is 0 Å². The Kier molecular flexibility index (Phi) is 3.71. The van der Waals surface area contributed by atoms with Gasteiger partial charge in [-0.15, -0.1) is 0 Å². The lowest BCUT2D eigenvalue weighted by molar-refractivity contribution is 0.465. The second-order valence-corrected chi connectivity index (χ2v) is 6.09. The zero-order chi connectivity index (χ0) is 15.6. The van der Waals surface area contributed by atoms with Crippen LogP contribution < -0.4 is 5.32 Å². The van der Waals surface area contributed by atoms with E-state index in [4.69, 9.17) is 4.98 Å². The maximum atomic E-state index is 10.1. The molecule has 0 spiro atoms. The SMILES string of the molecule is Oc1ccccc1Cn1c(CC2CCCN2)nc2cccnc21. The van der Waals surface area contributed by atoms with E-state index >= 15 is 0 Å². The van der Waals surface area contributed by atoms with E-state index in [1.165, 1.54) is 12.8 Å². The number of pyridine rings is 1. The van der Waals surface area contributed by atoms with Gasteiger partial charge in [0.1, 0.15) is 17.1 Å². The number of aromatic hydroxyl groups is 1. The Morgan fingerprint density at radius 1 is 1.22 bits per heavy atom. The molecule has 3 heterocycles. The summed E-state index contributed by atoms with van der Waals surface area (Å²) in [5.41, 5.74) is 2.68. The normalized spacial score (nSPS) is 17.8. The molecular weight excluding hydrogens is 288 g/mol. The van der Waals surface area contributed by atoms with Crippen molar-refractivity contribution in [2.24, 2.45) is 0 Å². The highest BCUT2D eigenvalue weighted by atomic mass is 16.3. The van der Waals surface area contributed by atoms with Crippen molar-refractivity contribution in [3.8, 4) is 5.75 Å². The Hall–Kier alpha value is -2.40. The Morgan fingerprint density at radius 3 is 2.96 bits per heavy atom. The first-order chi connectivity index (χ1) is 11.3. The molecule has 3 aromatic rings. The third kappa shape index (κ3) is 2.80. The van der Waals surface area contributed by atoms with E-state index in [2.05, 4.69) is 14.9 Å². The number of rotatable bonds is 4. The number of nitrogens with zero attached hydrogens (tertiary/aromatic N) is 3. The van der Waals surface area contributed by atoms with E-state index in [1.807, 2.05) is 30.3 Å². The van der Waals surface area contributed by atoms with Gasteiger partial charge < -0.3 is 15.0 Å². The first-order valence-electron chi connectivity index (χ1n) is 8.11. The Labute approximate surface area is 135 Å². The minimum absolute atomic E-state index is 0.315. The molecule has 5 nitrogen and oxygen atoms in total. The third-order valence-corrected chi connectivity index (χ3v) is 4.49. The van der Waals surface area contributed by atoms with Crippen LogP contribution in [0.15, 0.2) is 42.6 Å². The van der Waals surface area contributed by atoms with Crippen molar-refractivity contribution in [1.82, 2.24) is 19.9 Å². The number of nitrogens with one attached hydrogen (secondary N) is 1. The van der Waals surface area contributed by atoms with Gasteiger partial charge in [-0.2, -0.15) is 0 Å². The quantitative estimate of drug-likeness (QED) is 0.777. The zero-order valence-corrected chi connectivity index (χ0v) is 12.9. The number of hydrogen-bond acceptors (Lipinski definition) is 4. The maximum Gasteiger partial charge on any atom is 0.160 e. The summed E-state index contributed by atoms with van der Waals surface area (Å²) in [6, 6.07) is 11.8.